The number of rotatable bonds is 5. The number of nitrogens with one attached hydrogen (secondary N) is 1. The lowest BCUT2D eigenvalue weighted by atomic mass is 10.1. The third-order valence-corrected chi connectivity index (χ3v) is 2.27. The lowest BCUT2D eigenvalue weighted by Crippen LogP contribution is -2.29. The van der Waals surface area contributed by atoms with E-state index in [1.807, 2.05) is 13.0 Å². The molecule has 1 rings (SSSR count). The van der Waals surface area contributed by atoms with Gasteiger partial charge in [-0.15, -0.1) is 0 Å². The van der Waals surface area contributed by atoms with E-state index in [-0.39, 0.29) is 18.4 Å². The molecule has 0 saturated heterocycles. The summed E-state index contributed by atoms with van der Waals surface area (Å²) in [6.45, 7) is 2.38. The first kappa shape index (κ1) is 12.5. The van der Waals surface area contributed by atoms with Gasteiger partial charge in [0.05, 0.1) is 12.7 Å². The summed E-state index contributed by atoms with van der Waals surface area (Å²) in [5, 5.41) is 11.6. The van der Waals surface area contributed by atoms with E-state index < -0.39 is 0 Å². The van der Waals surface area contributed by atoms with Gasteiger partial charge in [0.1, 0.15) is 5.75 Å². The van der Waals surface area contributed by atoms with Crippen LogP contribution in [0.2, 0.25) is 0 Å². The lowest BCUT2D eigenvalue weighted by Gasteiger charge is -2.11. The quantitative estimate of drug-likeness (QED) is 0.784. The molecular formula is C12H17NO3. The number of aliphatic hydroxyl groups is 1. The van der Waals surface area contributed by atoms with Crippen LogP contribution < -0.4 is 10.1 Å². The number of aliphatic hydroxyl groups excluding tert-OH is 1. The Labute approximate surface area is 95.2 Å². The van der Waals surface area contributed by atoms with Gasteiger partial charge in [-0.3, -0.25) is 4.79 Å². The van der Waals surface area contributed by atoms with E-state index in [0.717, 1.165) is 0 Å². The Morgan fingerprint density at radius 3 is 2.81 bits per heavy atom. The van der Waals surface area contributed by atoms with Crippen LogP contribution in [0.3, 0.4) is 0 Å². The highest BCUT2D eigenvalue weighted by molar-refractivity contribution is 5.96. The number of hydrogen-bond acceptors (Lipinski definition) is 3. The molecule has 1 aromatic carbocycles. The first-order valence-corrected chi connectivity index (χ1v) is 5.21. The predicted octanol–water partition coefficient (Wildman–Crippen LogP) is 1.05. The maximum atomic E-state index is 11.8. The highest BCUT2D eigenvalue weighted by Crippen LogP contribution is 2.16. The van der Waals surface area contributed by atoms with Gasteiger partial charge in [0.15, 0.2) is 0 Å². The van der Waals surface area contributed by atoms with Crippen molar-refractivity contribution in [3.63, 3.8) is 0 Å². The summed E-state index contributed by atoms with van der Waals surface area (Å²) in [5.74, 6) is 0.424. The minimum absolute atomic E-state index is 0.0543. The number of para-hydroxylation sites is 1. The molecule has 0 bridgehead atoms. The van der Waals surface area contributed by atoms with Crippen molar-refractivity contribution in [3.05, 3.63) is 29.8 Å². The van der Waals surface area contributed by atoms with Crippen LogP contribution >= 0.6 is 0 Å². The fraction of sp³-hybridized carbons (Fsp3) is 0.417. The Bertz CT molecular complexity index is 352. The van der Waals surface area contributed by atoms with E-state index >= 15 is 0 Å². The zero-order chi connectivity index (χ0) is 12.0. The fourth-order valence-electron chi connectivity index (χ4n) is 1.26. The van der Waals surface area contributed by atoms with Crippen LogP contribution in [0.5, 0.6) is 5.75 Å². The van der Waals surface area contributed by atoms with Crippen LogP contribution in [-0.4, -0.2) is 31.3 Å². The topological polar surface area (TPSA) is 58.6 Å². The molecule has 88 valence electrons. The molecule has 0 fully saturated rings. The van der Waals surface area contributed by atoms with E-state index in [1.165, 1.54) is 7.11 Å². The summed E-state index contributed by atoms with van der Waals surface area (Å²) >= 11 is 0. The van der Waals surface area contributed by atoms with Crippen molar-refractivity contribution in [2.24, 2.45) is 5.92 Å². The molecule has 1 atom stereocenters. The summed E-state index contributed by atoms with van der Waals surface area (Å²) in [4.78, 5) is 11.8. The first-order chi connectivity index (χ1) is 7.69. The maximum absolute atomic E-state index is 11.8. The average molecular weight is 223 g/mol. The molecule has 1 amide bonds. The minimum atomic E-state index is -0.183. The number of benzene rings is 1. The van der Waals surface area contributed by atoms with Crippen molar-refractivity contribution >= 4 is 5.91 Å². The van der Waals surface area contributed by atoms with Crippen molar-refractivity contribution in [2.75, 3.05) is 20.3 Å². The number of methoxy groups -OCH3 is 1. The van der Waals surface area contributed by atoms with E-state index in [0.29, 0.717) is 17.9 Å². The summed E-state index contributed by atoms with van der Waals surface area (Å²) in [5.41, 5.74) is 0.509. The van der Waals surface area contributed by atoms with Gasteiger partial charge in [-0.25, -0.2) is 0 Å². The van der Waals surface area contributed by atoms with Crippen LogP contribution in [0, 0.1) is 5.92 Å². The Hall–Kier alpha value is -1.55. The van der Waals surface area contributed by atoms with Crippen molar-refractivity contribution in [1.82, 2.24) is 5.32 Å². The molecule has 0 aliphatic heterocycles. The molecule has 2 N–H and O–H groups in total. The zero-order valence-electron chi connectivity index (χ0n) is 9.56. The van der Waals surface area contributed by atoms with Crippen molar-refractivity contribution in [3.8, 4) is 5.75 Å². The molecule has 0 spiro atoms. The van der Waals surface area contributed by atoms with Gasteiger partial charge in [-0.1, -0.05) is 19.1 Å². The third-order valence-electron chi connectivity index (χ3n) is 2.27. The number of amides is 1. The summed E-state index contributed by atoms with van der Waals surface area (Å²) < 4.78 is 5.09. The molecular weight excluding hydrogens is 206 g/mol. The van der Waals surface area contributed by atoms with Crippen LogP contribution in [0.4, 0.5) is 0 Å². The molecule has 0 aliphatic carbocycles. The van der Waals surface area contributed by atoms with E-state index in [9.17, 15) is 4.79 Å². The second kappa shape index (κ2) is 6.12. The van der Waals surface area contributed by atoms with E-state index in [1.54, 1.807) is 18.2 Å². The molecule has 1 unspecified atom stereocenters. The standard InChI is InChI=1S/C12H17NO3/c1-9(8-14)7-13-12(15)10-5-3-4-6-11(10)16-2/h3-6,9,14H,7-8H2,1-2H3,(H,13,15). The SMILES string of the molecule is COc1ccccc1C(=O)NCC(C)CO. The highest BCUT2D eigenvalue weighted by Gasteiger charge is 2.11. The molecule has 4 nitrogen and oxygen atoms in total. The van der Waals surface area contributed by atoms with Gasteiger partial charge in [0.25, 0.3) is 5.91 Å². The van der Waals surface area contributed by atoms with Crippen molar-refractivity contribution < 1.29 is 14.6 Å². The van der Waals surface area contributed by atoms with Gasteiger partial charge in [0.2, 0.25) is 0 Å². The minimum Gasteiger partial charge on any atom is -0.496 e. The smallest absolute Gasteiger partial charge is 0.255 e. The second-order valence-corrected chi connectivity index (χ2v) is 3.70. The Morgan fingerprint density at radius 2 is 2.19 bits per heavy atom. The average Bonchev–Trinajstić information content (AvgIpc) is 2.35. The molecule has 0 saturated carbocycles. The second-order valence-electron chi connectivity index (χ2n) is 3.70. The van der Waals surface area contributed by atoms with E-state index in [4.69, 9.17) is 9.84 Å². The number of carbonyl (C=O) groups excluding carboxylic acids is 1. The molecule has 16 heavy (non-hydrogen) atoms. The van der Waals surface area contributed by atoms with Crippen LogP contribution in [0.25, 0.3) is 0 Å². The van der Waals surface area contributed by atoms with Crippen molar-refractivity contribution in [2.45, 2.75) is 6.92 Å². The Kier molecular flexibility index (Phi) is 4.79. The molecule has 0 aliphatic rings. The number of hydrogen-bond donors (Lipinski definition) is 2. The van der Waals surface area contributed by atoms with Crippen LogP contribution in [0.15, 0.2) is 24.3 Å². The fourth-order valence-corrected chi connectivity index (χ4v) is 1.26. The van der Waals surface area contributed by atoms with Gasteiger partial charge in [-0.2, -0.15) is 0 Å². The number of carbonyl (C=O) groups is 1. The number of ether oxygens (including phenoxy) is 1. The molecule has 1 aromatic rings. The van der Waals surface area contributed by atoms with Gasteiger partial charge < -0.3 is 15.2 Å². The summed E-state index contributed by atoms with van der Waals surface area (Å²) in [6.07, 6.45) is 0. The molecule has 0 heterocycles. The van der Waals surface area contributed by atoms with Crippen LogP contribution in [-0.2, 0) is 0 Å². The normalized spacial score (nSPS) is 11.9. The Morgan fingerprint density at radius 1 is 1.50 bits per heavy atom. The van der Waals surface area contributed by atoms with E-state index in [2.05, 4.69) is 5.32 Å². The molecule has 0 aromatic heterocycles. The van der Waals surface area contributed by atoms with Gasteiger partial charge >= 0.3 is 0 Å². The molecule has 4 heteroatoms. The zero-order valence-corrected chi connectivity index (χ0v) is 9.56. The van der Waals surface area contributed by atoms with Gasteiger partial charge in [-0.05, 0) is 18.1 Å². The largest absolute Gasteiger partial charge is 0.496 e. The monoisotopic (exact) mass is 223 g/mol. The highest BCUT2D eigenvalue weighted by atomic mass is 16.5. The van der Waals surface area contributed by atoms with Crippen LogP contribution in [0.1, 0.15) is 17.3 Å². The predicted molar refractivity (Wildman–Crippen MR) is 61.6 cm³/mol. The lowest BCUT2D eigenvalue weighted by molar-refractivity contribution is 0.0939. The first-order valence-electron chi connectivity index (χ1n) is 5.21. The summed E-state index contributed by atoms with van der Waals surface area (Å²) in [7, 11) is 1.53. The maximum Gasteiger partial charge on any atom is 0.255 e. The Balaban J connectivity index is 2.65. The van der Waals surface area contributed by atoms with Crippen molar-refractivity contribution in [1.29, 1.82) is 0 Å². The summed E-state index contributed by atoms with van der Waals surface area (Å²) in [6, 6.07) is 7.04. The third kappa shape index (κ3) is 3.24. The van der Waals surface area contributed by atoms with Gasteiger partial charge in [0, 0.05) is 13.2 Å². The molecule has 0 radical (unpaired) electrons.